The number of benzene rings is 2. The molecule has 0 aliphatic rings. The van der Waals surface area contributed by atoms with Crippen LogP contribution in [-0.4, -0.2) is 54.4 Å². The summed E-state index contributed by atoms with van der Waals surface area (Å²) in [4.78, 5) is 50.0. The van der Waals surface area contributed by atoms with Crippen LogP contribution < -0.4 is 11.1 Å². The van der Waals surface area contributed by atoms with Gasteiger partial charge in [0.25, 0.3) is 5.91 Å². The van der Waals surface area contributed by atoms with E-state index in [4.69, 9.17) is 32.2 Å². The van der Waals surface area contributed by atoms with E-state index in [1.54, 1.807) is 48.5 Å². The minimum Gasteiger partial charge on any atom is -0.481 e. The number of rotatable bonds is 13. The van der Waals surface area contributed by atoms with Crippen LogP contribution in [0.3, 0.4) is 0 Å². The summed E-state index contributed by atoms with van der Waals surface area (Å²) in [7, 11) is 0. The average molecular weight is 613 g/mol. The zero-order valence-corrected chi connectivity index (χ0v) is 24.3. The van der Waals surface area contributed by atoms with Gasteiger partial charge in [-0.2, -0.15) is 4.99 Å². The van der Waals surface area contributed by atoms with Crippen LogP contribution in [0, 0.1) is 16.2 Å². The van der Waals surface area contributed by atoms with Crippen molar-refractivity contribution < 1.29 is 29.4 Å². The van der Waals surface area contributed by atoms with Crippen molar-refractivity contribution in [3.05, 3.63) is 70.8 Å². The number of thioether (sulfide) groups is 2. The van der Waals surface area contributed by atoms with Crippen molar-refractivity contribution >= 4 is 67.7 Å². The summed E-state index contributed by atoms with van der Waals surface area (Å²) < 4.78 is 0. The first-order chi connectivity index (χ1) is 19.9. The minimum atomic E-state index is -0.968. The third-order valence-electron chi connectivity index (χ3n) is 5.41. The van der Waals surface area contributed by atoms with E-state index in [-0.39, 0.29) is 46.1 Å². The Morgan fingerprint density at radius 1 is 0.738 bits per heavy atom. The summed E-state index contributed by atoms with van der Waals surface area (Å²) in [5.74, 6) is -2.88. The van der Waals surface area contributed by atoms with Crippen molar-refractivity contribution in [2.24, 2.45) is 10.7 Å². The highest BCUT2D eigenvalue weighted by Gasteiger charge is 2.12. The molecule has 0 atom stereocenters. The standard InChI is InChI=1S/C28H32N6O6S2/c29-21(41-27(31)33-23(35)13-17-5-3-7-19(11-17)15-25(37)38)9-1-2-10-22(30)42-28(32)34-24(36)14-18-6-4-8-20(12-18)16-26(39)40/h3-8,11-12,29-30H,1-2,9-10,13-16H2,(H,37,38)(H,39,40)(H2,31,33,35)(H2,32,34,36). The average Bonchev–Trinajstić information content (AvgIpc) is 2.85. The zero-order chi connectivity index (χ0) is 31.1. The number of nitrogens with two attached hydrogens (primary N) is 1. The Hall–Kier alpha value is -4.30. The minimum absolute atomic E-state index is 0.0263. The number of nitrogens with one attached hydrogen (secondary N) is 4. The van der Waals surface area contributed by atoms with Gasteiger partial charge < -0.3 is 21.3 Å². The van der Waals surface area contributed by atoms with Gasteiger partial charge >= 0.3 is 11.9 Å². The van der Waals surface area contributed by atoms with Gasteiger partial charge in [-0.25, -0.2) is 0 Å². The molecular formula is C28H32N6O6S2. The molecule has 2 amide bonds. The molecule has 0 saturated carbocycles. The third-order valence-corrected chi connectivity index (χ3v) is 6.92. The smallest absolute Gasteiger partial charge is 0.307 e. The molecule has 2 aromatic rings. The highest BCUT2D eigenvalue weighted by atomic mass is 32.2. The zero-order valence-electron chi connectivity index (χ0n) is 22.6. The van der Waals surface area contributed by atoms with Gasteiger partial charge in [0.2, 0.25) is 5.91 Å². The molecule has 2 aromatic carbocycles. The maximum atomic E-state index is 12.2. The molecule has 14 heteroatoms. The van der Waals surface area contributed by atoms with E-state index >= 15 is 0 Å². The Balaban J connectivity index is 1.66. The van der Waals surface area contributed by atoms with Gasteiger partial charge in [0, 0.05) is 0 Å². The maximum absolute atomic E-state index is 12.2. The number of hydrogen-bond donors (Lipinski definition) is 7. The molecule has 0 bridgehead atoms. The lowest BCUT2D eigenvalue weighted by molar-refractivity contribution is -0.137. The number of carbonyl (C=O) groups is 4. The quantitative estimate of drug-likeness (QED) is 0.0993. The molecule has 222 valence electrons. The van der Waals surface area contributed by atoms with Crippen LogP contribution in [0.25, 0.3) is 0 Å². The molecule has 0 aliphatic carbocycles. The van der Waals surface area contributed by atoms with Crippen molar-refractivity contribution in [1.82, 2.24) is 5.32 Å². The van der Waals surface area contributed by atoms with Gasteiger partial charge in [-0.15, -0.1) is 0 Å². The van der Waals surface area contributed by atoms with E-state index in [0.717, 1.165) is 23.5 Å². The molecule has 0 aromatic heterocycles. The van der Waals surface area contributed by atoms with Crippen LogP contribution in [0.4, 0.5) is 0 Å². The van der Waals surface area contributed by atoms with Crippen LogP contribution in [0.2, 0.25) is 0 Å². The first-order valence-corrected chi connectivity index (χ1v) is 14.4. The summed E-state index contributed by atoms with van der Waals surface area (Å²) in [5.41, 5.74) is 8.19. The second kappa shape index (κ2) is 17.5. The van der Waals surface area contributed by atoms with Crippen LogP contribution in [0.15, 0.2) is 53.5 Å². The number of hydrogen-bond acceptors (Lipinski definition) is 9. The Labute approximate surface area is 251 Å². The van der Waals surface area contributed by atoms with Gasteiger partial charge in [-0.05, 0) is 71.5 Å². The monoisotopic (exact) mass is 612 g/mol. The summed E-state index contributed by atoms with van der Waals surface area (Å²) in [6.45, 7) is 0. The maximum Gasteiger partial charge on any atom is 0.307 e. The number of aliphatic imine (C=N–C) groups is 1. The molecule has 0 unspecified atom stereocenters. The predicted molar refractivity (Wildman–Crippen MR) is 165 cm³/mol. The molecule has 0 aliphatic heterocycles. The Bertz CT molecular complexity index is 1390. The number of amides is 2. The highest BCUT2D eigenvalue weighted by Crippen LogP contribution is 2.15. The number of unbranched alkanes of at least 4 members (excludes halogenated alkanes) is 1. The molecular weight excluding hydrogens is 580 g/mol. The van der Waals surface area contributed by atoms with E-state index in [1.807, 2.05) is 0 Å². The first kappa shape index (κ1) is 33.9. The summed E-state index contributed by atoms with van der Waals surface area (Å²) >= 11 is 1.70. The van der Waals surface area contributed by atoms with E-state index in [9.17, 15) is 19.2 Å². The number of aliphatic carboxylic acids is 2. The first-order valence-electron chi connectivity index (χ1n) is 12.7. The summed E-state index contributed by atoms with van der Waals surface area (Å²) in [5, 5.41) is 44.4. The number of carbonyl (C=O) groups excluding carboxylic acids is 2. The number of carboxylic acid groups (broad SMARTS) is 2. The SMILES string of the molecule is N=C(CCCCC(=N)SC(N)=NC(=O)Cc1cccc(CC(=O)O)c1)SC(=N)NC(=O)Cc1cccc(CC(=O)O)c1. The fourth-order valence-corrected chi connectivity index (χ4v) is 5.02. The van der Waals surface area contributed by atoms with E-state index in [1.165, 1.54) is 0 Å². The van der Waals surface area contributed by atoms with Crippen molar-refractivity contribution in [2.75, 3.05) is 0 Å². The topological polar surface area (TPSA) is 231 Å². The van der Waals surface area contributed by atoms with Gasteiger partial charge in [0.15, 0.2) is 10.3 Å². The Morgan fingerprint density at radius 3 is 1.69 bits per heavy atom. The number of carboxylic acids is 2. The molecule has 12 nitrogen and oxygen atoms in total. The lowest BCUT2D eigenvalue weighted by Gasteiger charge is -2.08. The van der Waals surface area contributed by atoms with E-state index < -0.39 is 23.8 Å². The van der Waals surface area contributed by atoms with Crippen LogP contribution in [0.5, 0.6) is 0 Å². The van der Waals surface area contributed by atoms with Gasteiger partial charge in [-0.1, -0.05) is 48.5 Å². The number of nitrogens with zero attached hydrogens (tertiary/aromatic N) is 1. The predicted octanol–water partition coefficient (Wildman–Crippen LogP) is 3.60. The van der Waals surface area contributed by atoms with Crippen molar-refractivity contribution in [3.63, 3.8) is 0 Å². The van der Waals surface area contributed by atoms with Crippen LogP contribution >= 0.6 is 23.5 Å². The van der Waals surface area contributed by atoms with Gasteiger partial charge in [-0.3, -0.25) is 35.4 Å². The molecule has 8 N–H and O–H groups in total. The Morgan fingerprint density at radius 2 is 1.19 bits per heavy atom. The fraction of sp³-hybridized carbons (Fsp3) is 0.286. The van der Waals surface area contributed by atoms with E-state index in [0.29, 0.717) is 47.9 Å². The molecule has 0 saturated heterocycles. The molecule has 42 heavy (non-hydrogen) atoms. The van der Waals surface area contributed by atoms with Gasteiger partial charge in [0.05, 0.1) is 35.8 Å². The molecule has 0 heterocycles. The van der Waals surface area contributed by atoms with Crippen molar-refractivity contribution in [2.45, 2.75) is 51.4 Å². The Kier molecular flexibility index (Phi) is 14.1. The van der Waals surface area contributed by atoms with Gasteiger partial charge in [0.1, 0.15) is 0 Å². The third kappa shape index (κ3) is 14.4. The fourth-order valence-electron chi connectivity index (χ4n) is 3.71. The number of amidine groups is 2. The van der Waals surface area contributed by atoms with Crippen LogP contribution in [0.1, 0.15) is 47.9 Å². The summed E-state index contributed by atoms with van der Waals surface area (Å²) in [6.07, 6.45) is 1.48. The lowest BCUT2D eigenvalue weighted by atomic mass is 10.1. The second-order valence-corrected chi connectivity index (χ2v) is 11.3. The largest absolute Gasteiger partial charge is 0.481 e. The molecule has 0 spiro atoms. The van der Waals surface area contributed by atoms with Crippen molar-refractivity contribution in [3.8, 4) is 0 Å². The van der Waals surface area contributed by atoms with E-state index in [2.05, 4.69) is 10.3 Å². The second-order valence-electron chi connectivity index (χ2n) is 9.11. The van der Waals surface area contributed by atoms with Crippen molar-refractivity contribution in [1.29, 1.82) is 16.2 Å². The molecule has 0 radical (unpaired) electrons. The normalized spacial score (nSPS) is 11.0. The van der Waals surface area contributed by atoms with Crippen LogP contribution in [-0.2, 0) is 44.9 Å². The highest BCUT2D eigenvalue weighted by molar-refractivity contribution is 8.26. The molecule has 0 fully saturated rings. The molecule has 2 rings (SSSR count). The lowest BCUT2D eigenvalue weighted by Crippen LogP contribution is -2.29. The summed E-state index contributed by atoms with van der Waals surface area (Å²) in [6, 6.07) is 13.3.